The van der Waals surface area contributed by atoms with Gasteiger partial charge >= 0.3 is 0 Å². The van der Waals surface area contributed by atoms with Crippen molar-refractivity contribution in [2.75, 3.05) is 43.4 Å². The van der Waals surface area contributed by atoms with Crippen LogP contribution in [0.5, 0.6) is 5.75 Å². The van der Waals surface area contributed by atoms with Crippen molar-refractivity contribution in [2.45, 2.75) is 57.4 Å². The van der Waals surface area contributed by atoms with Gasteiger partial charge in [-0.25, -0.2) is 28.1 Å². The maximum Gasteiger partial charge on any atom is 0.244 e. The molecule has 3 aliphatic rings. The average molecular weight is 578 g/mol. The number of nitrogen functional groups attached to an aromatic ring is 1. The predicted octanol–water partition coefficient (Wildman–Crippen LogP) is 3.31. The van der Waals surface area contributed by atoms with E-state index in [-0.39, 0.29) is 22.0 Å². The van der Waals surface area contributed by atoms with E-state index in [2.05, 4.69) is 44.8 Å². The van der Waals surface area contributed by atoms with E-state index in [0.29, 0.717) is 31.8 Å². The van der Waals surface area contributed by atoms with Crippen LogP contribution in [0.15, 0.2) is 41.7 Å². The van der Waals surface area contributed by atoms with Gasteiger partial charge in [-0.2, -0.15) is 0 Å². The van der Waals surface area contributed by atoms with Crippen LogP contribution in [-0.4, -0.2) is 56.2 Å². The first kappa shape index (κ1) is 27.9. The molecule has 0 bridgehead atoms. The number of aromatic nitrogens is 3. The number of nitrogens with zero attached hydrogens (tertiary/aromatic N) is 4. The molecule has 1 aromatic carbocycles. The molecule has 218 valence electrons. The van der Waals surface area contributed by atoms with Crippen molar-refractivity contribution in [3.63, 3.8) is 0 Å². The topological polar surface area (TPSA) is 135 Å². The summed E-state index contributed by atoms with van der Waals surface area (Å²) in [6.45, 7) is 8.64. The molecule has 4 heterocycles. The van der Waals surface area contributed by atoms with Crippen molar-refractivity contribution < 1.29 is 13.2 Å². The van der Waals surface area contributed by atoms with Gasteiger partial charge in [-0.3, -0.25) is 0 Å². The highest BCUT2D eigenvalue weighted by Crippen LogP contribution is 2.39. The molecule has 1 atom stereocenters. The number of nitrogens with two attached hydrogens (primary N) is 1. The molecule has 2 aliphatic heterocycles. The number of nitrogens with one attached hydrogen (secondary N) is 2. The van der Waals surface area contributed by atoms with E-state index in [1.165, 1.54) is 5.56 Å². The maximum atomic E-state index is 13.2. The van der Waals surface area contributed by atoms with Crippen LogP contribution in [0, 0.1) is 11.3 Å². The number of ether oxygens (including phenoxy) is 1. The van der Waals surface area contributed by atoms with Crippen LogP contribution in [0.1, 0.15) is 49.9 Å². The van der Waals surface area contributed by atoms with E-state index in [1.807, 2.05) is 12.1 Å². The summed E-state index contributed by atoms with van der Waals surface area (Å²) >= 11 is 0. The molecule has 1 unspecified atom stereocenters. The Morgan fingerprint density at radius 3 is 2.90 bits per heavy atom. The number of hydrogen-bond donors (Lipinski definition) is 3. The quantitative estimate of drug-likeness (QED) is 0.403. The fourth-order valence-electron chi connectivity index (χ4n) is 6.12. The highest BCUT2D eigenvalue weighted by molar-refractivity contribution is 7.89. The lowest BCUT2D eigenvalue weighted by Crippen LogP contribution is -2.38. The zero-order valence-corrected chi connectivity index (χ0v) is 24.6. The largest absolute Gasteiger partial charge is 0.491 e. The molecule has 6 rings (SSSR count). The van der Waals surface area contributed by atoms with Crippen molar-refractivity contribution in [3.05, 3.63) is 53.6 Å². The van der Waals surface area contributed by atoms with E-state index in [1.54, 1.807) is 18.6 Å². The third-order valence-corrected chi connectivity index (χ3v) is 9.96. The van der Waals surface area contributed by atoms with E-state index >= 15 is 0 Å². The number of piperidine rings is 1. The minimum absolute atomic E-state index is 0.00168. The molecule has 2 aromatic heterocycles. The second kappa shape index (κ2) is 11.2. The molecule has 1 saturated heterocycles. The van der Waals surface area contributed by atoms with Crippen molar-refractivity contribution in [3.8, 4) is 16.9 Å². The molecule has 0 amide bonds. The number of fused-ring (bicyclic) bond motifs is 2. The molecular formula is C30H39N7O3S. The Morgan fingerprint density at radius 1 is 1.20 bits per heavy atom. The molecule has 10 nitrogen and oxygen atoms in total. The van der Waals surface area contributed by atoms with Gasteiger partial charge in [-0.1, -0.05) is 19.9 Å². The number of aryl methyl sites for hydroxylation is 1. The van der Waals surface area contributed by atoms with Gasteiger partial charge in [-0.15, -0.1) is 0 Å². The van der Waals surface area contributed by atoms with Gasteiger partial charge in [-0.05, 0) is 80.3 Å². The first-order valence-corrected chi connectivity index (χ1v) is 16.0. The highest BCUT2D eigenvalue weighted by Gasteiger charge is 2.31. The molecule has 1 fully saturated rings. The zero-order chi connectivity index (χ0) is 28.6. The summed E-state index contributed by atoms with van der Waals surface area (Å²) in [5.74, 6) is 2.05. The highest BCUT2D eigenvalue weighted by atomic mass is 32.2. The molecule has 41 heavy (non-hydrogen) atoms. The molecule has 0 saturated carbocycles. The summed E-state index contributed by atoms with van der Waals surface area (Å²) in [5.41, 5.74) is 11.2. The number of pyridine rings is 1. The van der Waals surface area contributed by atoms with Crippen LogP contribution >= 0.6 is 0 Å². The molecule has 3 aromatic rings. The van der Waals surface area contributed by atoms with Crippen molar-refractivity contribution in [1.29, 1.82) is 0 Å². The maximum absolute atomic E-state index is 13.2. The summed E-state index contributed by atoms with van der Waals surface area (Å²) in [5, 5.41) is 3.32. The predicted molar refractivity (Wildman–Crippen MR) is 159 cm³/mol. The van der Waals surface area contributed by atoms with Crippen LogP contribution in [0.3, 0.4) is 0 Å². The Kier molecular flexibility index (Phi) is 7.60. The molecule has 0 radical (unpaired) electrons. The minimum Gasteiger partial charge on any atom is -0.491 e. The second-order valence-corrected chi connectivity index (χ2v) is 14.0. The third kappa shape index (κ3) is 6.02. The number of anilines is 2. The number of benzene rings is 1. The van der Waals surface area contributed by atoms with Crippen molar-refractivity contribution in [2.24, 2.45) is 11.3 Å². The average Bonchev–Trinajstić information content (AvgIpc) is 3.18. The Hall–Kier alpha value is -3.28. The first-order chi connectivity index (χ1) is 19.7. The molecule has 11 heteroatoms. The van der Waals surface area contributed by atoms with Gasteiger partial charge in [0.05, 0.1) is 6.54 Å². The summed E-state index contributed by atoms with van der Waals surface area (Å²) in [4.78, 5) is 15.9. The lowest BCUT2D eigenvalue weighted by atomic mass is 9.76. The Balaban J connectivity index is 1.27. The summed E-state index contributed by atoms with van der Waals surface area (Å²) in [6, 6.07) is 7.56. The Labute approximate surface area is 242 Å². The summed E-state index contributed by atoms with van der Waals surface area (Å²) in [7, 11) is -3.82. The molecule has 4 N–H and O–H groups in total. The first-order valence-electron chi connectivity index (χ1n) is 14.5. The van der Waals surface area contributed by atoms with Crippen LogP contribution in [0.25, 0.3) is 11.1 Å². The van der Waals surface area contributed by atoms with Gasteiger partial charge in [0.25, 0.3) is 0 Å². The monoisotopic (exact) mass is 577 g/mol. The molecule has 0 spiro atoms. The van der Waals surface area contributed by atoms with Crippen LogP contribution in [0.2, 0.25) is 0 Å². The lowest BCUT2D eigenvalue weighted by molar-refractivity contribution is 0.310. The molecular weight excluding hydrogens is 538 g/mol. The van der Waals surface area contributed by atoms with Gasteiger partial charge in [0.15, 0.2) is 0 Å². The van der Waals surface area contributed by atoms with Gasteiger partial charge in [0.1, 0.15) is 35.2 Å². The molecule has 1 aliphatic carbocycles. The van der Waals surface area contributed by atoms with Crippen LogP contribution < -0.4 is 25.4 Å². The lowest BCUT2D eigenvalue weighted by Gasteiger charge is -2.33. The van der Waals surface area contributed by atoms with Gasteiger partial charge in [0.2, 0.25) is 10.0 Å². The van der Waals surface area contributed by atoms with Crippen LogP contribution in [0.4, 0.5) is 11.6 Å². The summed E-state index contributed by atoms with van der Waals surface area (Å²) < 4.78 is 35.3. The standard InChI is InChI=1S/C30H39N7O3S/c1-30(2)8-7-25-24(14-30)29(35-19-34-25)37-10-11-40-26-6-5-21(12-23(26)18-37)22-13-27(28(31)33-17-22)41(38,39)36-16-20-4-3-9-32-15-20/h5-6,12-13,17,19-20,32,36H,3-4,7-11,14-16,18H2,1-2H3,(H2,31,33). The van der Waals surface area contributed by atoms with Gasteiger partial charge < -0.3 is 20.7 Å². The second-order valence-electron chi connectivity index (χ2n) is 12.2. The van der Waals surface area contributed by atoms with E-state index < -0.39 is 10.0 Å². The Bertz CT molecular complexity index is 1540. The van der Waals surface area contributed by atoms with Gasteiger partial charge in [0, 0.05) is 41.7 Å². The summed E-state index contributed by atoms with van der Waals surface area (Å²) in [6.07, 6.45) is 8.37. The minimum atomic E-state index is -3.82. The number of hydrogen-bond acceptors (Lipinski definition) is 9. The van der Waals surface area contributed by atoms with E-state index in [0.717, 1.165) is 73.6 Å². The smallest absolute Gasteiger partial charge is 0.244 e. The Morgan fingerprint density at radius 2 is 2.07 bits per heavy atom. The fraction of sp³-hybridized carbons (Fsp3) is 0.500. The fourth-order valence-corrected chi connectivity index (χ4v) is 7.34. The van der Waals surface area contributed by atoms with E-state index in [9.17, 15) is 8.42 Å². The third-order valence-electron chi connectivity index (χ3n) is 8.51. The van der Waals surface area contributed by atoms with Crippen molar-refractivity contribution in [1.82, 2.24) is 25.0 Å². The zero-order valence-electron chi connectivity index (χ0n) is 23.8. The SMILES string of the molecule is CC1(C)CCc2ncnc(N3CCOc4ccc(-c5cnc(N)c(S(=O)(=O)NCC6CCCNC6)c5)cc4C3)c2C1. The van der Waals surface area contributed by atoms with Crippen molar-refractivity contribution >= 4 is 21.7 Å². The normalized spacial score (nSPS) is 20.4. The van der Waals surface area contributed by atoms with E-state index in [4.69, 9.17) is 15.5 Å². The van der Waals surface area contributed by atoms with Crippen LogP contribution in [-0.2, 0) is 29.4 Å². The number of sulfonamides is 1. The number of rotatable bonds is 6.